The van der Waals surface area contributed by atoms with Crippen LogP contribution in [0.2, 0.25) is 0 Å². The molecule has 6 nitrogen and oxygen atoms in total. The lowest BCUT2D eigenvalue weighted by molar-refractivity contribution is -0.148. The summed E-state index contributed by atoms with van der Waals surface area (Å²) in [6.07, 6.45) is 0. The summed E-state index contributed by atoms with van der Waals surface area (Å²) < 4.78 is 10.9. The second-order valence-corrected chi connectivity index (χ2v) is 6.50. The molecular formula is C22H24N2O4. The minimum absolute atomic E-state index is 0.0306. The fraction of sp³-hybridized carbons (Fsp3) is 0.318. The predicted octanol–water partition coefficient (Wildman–Crippen LogP) is 3.45. The van der Waals surface area contributed by atoms with E-state index in [1.807, 2.05) is 20.8 Å². The summed E-state index contributed by atoms with van der Waals surface area (Å²) >= 11 is 0. The van der Waals surface area contributed by atoms with Crippen molar-refractivity contribution in [3.63, 3.8) is 0 Å². The molecule has 0 radical (unpaired) electrons. The summed E-state index contributed by atoms with van der Waals surface area (Å²) in [6, 6.07) is 15.0. The van der Waals surface area contributed by atoms with E-state index in [-0.39, 0.29) is 12.5 Å². The minimum Gasteiger partial charge on any atom is -0.493 e. The fourth-order valence-corrected chi connectivity index (χ4v) is 2.65. The van der Waals surface area contributed by atoms with Crippen LogP contribution in [-0.4, -0.2) is 24.5 Å². The Balaban J connectivity index is 2.09. The molecule has 6 heteroatoms. The minimum atomic E-state index is -0.823. The topological polar surface area (TPSA) is 88.4 Å². The van der Waals surface area contributed by atoms with Crippen molar-refractivity contribution in [1.29, 1.82) is 5.26 Å². The van der Waals surface area contributed by atoms with Crippen LogP contribution in [0.5, 0.6) is 5.75 Å². The Kier molecular flexibility index (Phi) is 7.58. The Hall–Kier alpha value is -3.33. The second-order valence-electron chi connectivity index (χ2n) is 6.50. The number of nitriles is 1. The van der Waals surface area contributed by atoms with Gasteiger partial charge in [0.1, 0.15) is 18.4 Å². The molecule has 0 heterocycles. The molecule has 2 aromatic rings. The van der Waals surface area contributed by atoms with Crippen molar-refractivity contribution in [3.05, 3.63) is 65.2 Å². The number of benzene rings is 2. The van der Waals surface area contributed by atoms with Gasteiger partial charge in [0.15, 0.2) is 0 Å². The number of nitrogens with one attached hydrogen (secondary N) is 1. The van der Waals surface area contributed by atoms with Crippen LogP contribution in [0.1, 0.15) is 42.3 Å². The average molecular weight is 380 g/mol. The maximum absolute atomic E-state index is 12.7. The predicted molar refractivity (Wildman–Crippen MR) is 105 cm³/mol. The van der Waals surface area contributed by atoms with Crippen LogP contribution in [-0.2, 0) is 16.1 Å². The molecule has 0 aliphatic carbocycles. The van der Waals surface area contributed by atoms with E-state index in [0.29, 0.717) is 29.0 Å². The lowest BCUT2D eigenvalue weighted by Gasteiger charge is -2.21. The maximum Gasteiger partial charge on any atom is 0.329 e. The summed E-state index contributed by atoms with van der Waals surface area (Å²) in [6.45, 7) is 5.88. The molecule has 0 unspecified atom stereocenters. The Bertz CT molecular complexity index is 871. The van der Waals surface area contributed by atoms with Gasteiger partial charge in [-0.1, -0.05) is 44.2 Å². The Morgan fingerprint density at radius 2 is 1.79 bits per heavy atom. The molecule has 2 rings (SSSR count). The van der Waals surface area contributed by atoms with Crippen LogP contribution in [0, 0.1) is 17.2 Å². The van der Waals surface area contributed by atoms with E-state index < -0.39 is 17.9 Å². The average Bonchev–Trinajstić information content (AvgIpc) is 2.70. The quantitative estimate of drug-likeness (QED) is 0.709. The van der Waals surface area contributed by atoms with Crippen molar-refractivity contribution in [2.75, 3.05) is 6.61 Å². The molecule has 146 valence electrons. The largest absolute Gasteiger partial charge is 0.493 e. The number of carbonyl (C=O) groups is 2. The van der Waals surface area contributed by atoms with Crippen LogP contribution in [0.4, 0.5) is 0 Å². The molecule has 1 atom stereocenters. The molecule has 0 fully saturated rings. The molecule has 0 saturated carbocycles. The third-order valence-corrected chi connectivity index (χ3v) is 4.15. The Morgan fingerprint density at radius 3 is 2.46 bits per heavy atom. The molecule has 0 aromatic heterocycles. The smallest absolute Gasteiger partial charge is 0.329 e. The first kappa shape index (κ1) is 21.0. The van der Waals surface area contributed by atoms with Crippen molar-refractivity contribution >= 4 is 11.9 Å². The number of hydrogen-bond donors (Lipinski definition) is 1. The number of para-hydroxylation sites is 1. The molecule has 2 aromatic carbocycles. The van der Waals surface area contributed by atoms with Gasteiger partial charge in [-0.2, -0.15) is 5.26 Å². The van der Waals surface area contributed by atoms with Crippen LogP contribution >= 0.6 is 0 Å². The zero-order chi connectivity index (χ0) is 20.5. The lowest BCUT2D eigenvalue weighted by Crippen LogP contribution is -2.45. The number of carbonyl (C=O) groups excluding carboxylic acids is 2. The van der Waals surface area contributed by atoms with Crippen LogP contribution in [0.25, 0.3) is 0 Å². The van der Waals surface area contributed by atoms with Gasteiger partial charge < -0.3 is 14.8 Å². The standard InChI is InChI=1S/C22H24N2O4/c1-4-27-19-12-8-7-11-18(19)21(25)24-20(15(2)3)22(26)28-14-17-10-6-5-9-16(17)13-23/h5-12,15,20H,4,14H2,1-3H3,(H,24,25)/t20-/m0/s1. The van der Waals surface area contributed by atoms with Crippen LogP contribution < -0.4 is 10.1 Å². The third kappa shape index (κ3) is 5.34. The van der Waals surface area contributed by atoms with Gasteiger partial charge in [0, 0.05) is 5.56 Å². The Labute approximate surface area is 165 Å². The second kappa shape index (κ2) is 10.1. The highest BCUT2D eigenvalue weighted by molar-refractivity contribution is 5.99. The number of esters is 1. The van der Waals surface area contributed by atoms with Crippen LogP contribution in [0.3, 0.4) is 0 Å². The summed E-state index contributed by atoms with van der Waals surface area (Å²) in [7, 11) is 0. The van der Waals surface area contributed by atoms with Crippen molar-refractivity contribution in [2.45, 2.75) is 33.4 Å². The van der Waals surface area contributed by atoms with E-state index in [1.165, 1.54) is 0 Å². The molecular weight excluding hydrogens is 356 g/mol. The fourth-order valence-electron chi connectivity index (χ4n) is 2.65. The Morgan fingerprint density at radius 1 is 1.11 bits per heavy atom. The van der Waals surface area contributed by atoms with Gasteiger partial charge in [-0.15, -0.1) is 0 Å². The van der Waals surface area contributed by atoms with E-state index in [0.717, 1.165) is 0 Å². The molecule has 0 saturated heterocycles. The van der Waals surface area contributed by atoms with Gasteiger partial charge in [0.25, 0.3) is 5.91 Å². The number of amides is 1. The molecule has 0 spiro atoms. The summed E-state index contributed by atoms with van der Waals surface area (Å²) in [5.74, 6) is -0.676. The van der Waals surface area contributed by atoms with E-state index in [1.54, 1.807) is 48.5 Å². The number of nitrogens with zero attached hydrogens (tertiary/aromatic N) is 1. The normalized spacial score (nSPS) is 11.4. The summed E-state index contributed by atoms with van der Waals surface area (Å²) in [5.41, 5.74) is 1.43. The van der Waals surface area contributed by atoms with Gasteiger partial charge in [0.05, 0.1) is 23.8 Å². The first-order valence-corrected chi connectivity index (χ1v) is 9.15. The van der Waals surface area contributed by atoms with Crippen LogP contribution in [0.15, 0.2) is 48.5 Å². The molecule has 28 heavy (non-hydrogen) atoms. The van der Waals surface area contributed by atoms with E-state index in [9.17, 15) is 9.59 Å². The van der Waals surface area contributed by atoms with Crippen molar-refractivity contribution in [1.82, 2.24) is 5.32 Å². The molecule has 0 bridgehead atoms. The van der Waals surface area contributed by atoms with Gasteiger partial charge >= 0.3 is 5.97 Å². The molecule has 0 aliphatic rings. The zero-order valence-corrected chi connectivity index (χ0v) is 16.3. The molecule has 1 amide bonds. The summed E-state index contributed by atoms with van der Waals surface area (Å²) in [5, 5.41) is 11.9. The van der Waals surface area contributed by atoms with E-state index in [4.69, 9.17) is 14.7 Å². The van der Waals surface area contributed by atoms with E-state index in [2.05, 4.69) is 11.4 Å². The lowest BCUT2D eigenvalue weighted by atomic mass is 10.0. The highest BCUT2D eigenvalue weighted by Gasteiger charge is 2.27. The molecule has 1 N–H and O–H groups in total. The maximum atomic E-state index is 12.7. The first-order chi connectivity index (χ1) is 13.5. The monoisotopic (exact) mass is 380 g/mol. The van der Waals surface area contributed by atoms with Crippen molar-refractivity contribution in [3.8, 4) is 11.8 Å². The van der Waals surface area contributed by atoms with Gasteiger partial charge in [0.2, 0.25) is 0 Å². The van der Waals surface area contributed by atoms with Crippen molar-refractivity contribution < 1.29 is 19.1 Å². The highest BCUT2D eigenvalue weighted by atomic mass is 16.5. The van der Waals surface area contributed by atoms with Gasteiger partial charge in [-0.25, -0.2) is 4.79 Å². The third-order valence-electron chi connectivity index (χ3n) is 4.15. The first-order valence-electron chi connectivity index (χ1n) is 9.15. The summed E-state index contributed by atoms with van der Waals surface area (Å²) in [4.78, 5) is 25.3. The van der Waals surface area contributed by atoms with Crippen molar-refractivity contribution in [2.24, 2.45) is 5.92 Å². The van der Waals surface area contributed by atoms with Gasteiger partial charge in [-0.3, -0.25) is 4.79 Å². The van der Waals surface area contributed by atoms with Gasteiger partial charge in [-0.05, 0) is 31.0 Å². The number of rotatable bonds is 8. The van der Waals surface area contributed by atoms with E-state index >= 15 is 0 Å². The SMILES string of the molecule is CCOc1ccccc1C(=O)N[C@H](C(=O)OCc1ccccc1C#N)C(C)C. The number of hydrogen-bond acceptors (Lipinski definition) is 5. The highest BCUT2D eigenvalue weighted by Crippen LogP contribution is 2.19. The number of ether oxygens (including phenoxy) is 2. The zero-order valence-electron chi connectivity index (χ0n) is 16.3. The molecule has 0 aliphatic heterocycles.